The van der Waals surface area contributed by atoms with Gasteiger partial charge in [-0.25, -0.2) is 0 Å². The third-order valence-electron chi connectivity index (χ3n) is 7.49. The highest BCUT2D eigenvalue weighted by Gasteiger charge is 2.07. The van der Waals surface area contributed by atoms with Crippen molar-refractivity contribution in [1.29, 1.82) is 0 Å². The van der Waals surface area contributed by atoms with Crippen LogP contribution >= 0.6 is 0 Å². The Morgan fingerprint density at radius 1 is 0.211 bits per heavy atom. The Morgan fingerprint density at radius 2 is 0.500 bits per heavy atom. The molecule has 0 nitrogen and oxygen atoms in total. The van der Waals surface area contributed by atoms with Gasteiger partial charge >= 0.3 is 0 Å². The number of benzene rings is 7. The first kappa shape index (κ1) is 22.3. The molecule has 0 saturated carbocycles. The molecule has 0 aliphatic carbocycles. The number of rotatable bonds is 4. The van der Waals surface area contributed by atoms with E-state index in [-0.39, 0.29) is 0 Å². The highest BCUT2D eigenvalue weighted by atomic mass is 14.1. The molecule has 0 atom stereocenters. The monoisotopic (exact) mass is 482 g/mol. The molecule has 7 rings (SSSR count). The molecular weight excluding hydrogens is 456 g/mol. The first-order chi connectivity index (χ1) is 18.8. The van der Waals surface area contributed by atoms with Gasteiger partial charge in [0.15, 0.2) is 0 Å². The van der Waals surface area contributed by atoms with E-state index in [1.54, 1.807) is 0 Å². The molecule has 0 N–H and O–H groups in total. The highest BCUT2D eigenvalue weighted by Crippen LogP contribution is 2.33. The van der Waals surface area contributed by atoms with Crippen molar-refractivity contribution in [2.75, 3.05) is 0 Å². The molecule has 0 heteroatoms. The Hall–Kier alpha value is -4.94. The summed E-state index contributed by atoms with van der Waals surface area (Å²) in [4.78, 5) is 0. The van der Waals surface area contributed by atoms with Crippen molar-refractivity contribution in [2.24, 2.45) is 0 Å². The topological polar surface area (TPSA) is 0 Å². The summed E-state index contributed by atoms with van der Waals surface area (Å²) < 4.78 is 0. The van der Waals surface area contributed by atoms with Gasteiger partial charge in [0.1, 0.15) is 0 Å². The van der Waals surface area contributed by atoms with Crippen LogP contribution in [0.25, 0.3) is 66.1 Å². The van der Waals surface area contributed by atoms with Gasteiger partial charge in [0.25, 0.3) is 0 Å². The van der Waals surface area contributed by atoms with Gasteiger partial charge in [-0.2, -0.15) is 0 Å². The van der Waals surface area contributed by atoms with E-state index in [2.05, 4.69) is 158 Å². The SMILES string of the molecule is c1ccc(-c2ccc(-c3ccc4c(ccc5cc(-c6ccc(-c7ccccc7)cc6)ccc54)c3)cc2)cc1. The number of fused-ring (bicyclic) bond motifs is 3. The molecule has 0 heterocycles. The predicted molar refractivity (Wildman–Crippen MR) is 163 cm³/mol. The second kappa shape index (κ2) is 9.50. The fourth-order valence-corrected chi connectivity index (χ4v) is 5.40. The molecule has 0 aromatic heterocycles. The molecule has 0 aliphatic heterocycles. The lowest BCUT2D eigenvalue weighted by Crippen LogP contribution is -1.84. The van der Waals surface area contributed by atoms with Gasteiger partial charge in [-0.15, -0.1) is 0 Å². The summed E-state index contributed by atoms with van der Waals surface area (Å²) in [6, 6.07) is 57.0. The fraction of sp³-hybridized carbons (Fsp3) is 0. The van der Waals surface area contributed by atoms with Gasteiger partial charge in [-0.05, 0) is 78.2 Å². The zero-order valence-electron chi connectivity index (χ0n) is 21.0. The van der Waals surface area contributed by atoms with Gasteiger partial charge in [-0.1, -0.05) is 146 Å². The van der Waals surface area contributed by atoms with Crippen molar-refractivity contribution in [1.82, 2.24) is 0 Å². The van der Waals surface area contributed by atoms with E-state index >= 15 is 0 Å². The Bertz CT molecular complexity index is 1720. The number of hydrogen-bond acceptors (Lipinski definition) is 0. The van der Waals surface area contributed by atoms with Gasteiger partial charge in [-0.3, -0.25) is 0 Å². The van der Waals surface area contributed by atoms with E-state index in [1.807, 2.05) is 0 Å². The average molecular weight is 483 g/mol. The molecule has 0 radical (unpaired) electrons. The third kappa shape index (κ3) is 4.17. The molecule has 38 heavy (non-hydrogen) atoms. The van der Waals surface area contributed by atoms with Crippen LogP contribution in [0.1, 0.15) is 0 Å². The van der Waals surface area contributed by atoms with Gasteiger partial charge < -0.3 is 0 Å². The summed E-state index contributed by atoms with van der Waals surface area (Å²) in [6.07, 6.45) is 0. The second-order valence-corrected chi connectivity index (χ2v) is 9.82. The maximum absolute atomic E-state index is 2.31. The fourth-order valence-electron chi connectivity index (χ4n) is 5.40. The Morgan fingerprint density at radius 3 is 0.868 bits per heavy atom. The van der Waals surface area contributed by atoms with E-state index in [1.165, 1.54) is 66.1 Å². The molecule has 0 aliphatic rings. The lowest BCUT2D eigenvalue weighted by atomic mass is 9.94. The molecule has 0 bridgehead atoms. The van der Waals surface area contributed by atoms with E-state index < -0.39 is 0 Å². The Kier molecular flexibility index (Phi) is 5.57. The van der Waals surface area contributed by atoms with Crippen LogP contribution in [-0.4, -0.2) is 0 Å². The Balaban J connectivity index is 1.19. The van der Waals surface area contributed by atoms with Crippen LogP contribution in [0.5, 0.6) is 0 Å². The molecule has 0 saturated heterocycles. The van der Waals surface area contributed by atoms with Crippen LogP contribution in [0.15, 0.2) is 158 Å². The van der Waals surface area contributed by atoms with Gasteiger partial charge in [0.05, 0.1) is 0 Å². The Labute approximate surface area is 223 Å². The van der Waals surface area contributed by atoms with E-state index in [0.717, 1.165) is 0 Å². The van der Waals surface area contributed by atoms with Crippen LogP contribution in [0, 0.1) is 0 Å². The largest absolute Gasteiger partial charge is 0.0622 e. The minimum atomic E-state index is 1.24. The summed E-state index contributed by atoms with van der Waals surface area (Å²) in [6.45, 7) is 0. The predicted octanol–water partition coefficient (Wildman–Crippen LogP) is 10.7. The second-order valence-electron chi connectivity index (χ2n) is 9.82. The van der Waals surface area contributed by atoms with Crippen LogP contribution in [-0.2, 0) is 0 Å². The quantitative estimate of drug-likeness (QED) is 0.219. The van der Waals surface area contributed by atoms with Crippen LogP contribution in [0.2, 0.25) is 0 Å². The lowest BCUT2D eigenvalue weighted by Gasteiger charge is -2.10. The maximum atomic E-state index is 2.31. The van der Waals surface area contributed by atoms with Gasteiger partial charge in [0.2, 0.25) is 0 Å². The zero-order valence-corrected chi connectivity index (χ0v) is 21.0. The molecule has 7 aromatic carbocycles. The smallest absolute Gasteiger partial charge is 0.0105 e. The third-order valence-corrected chi connectivity index (χ3v) is 7.49. The molecule has 7 aromatic rings. The number of hydrogen-bond donors (Lipinski definition) is 0. The summed E-state index contributed by atoms with van der Waals surface area (Å²) >= 11 is 0. The highest BCUT2D eigenvalue weighted by molar-refractivity contribution is 6.09. The zero-order chi connectivity index (χ0) is 25.3. The van der Waals surface area contributed by atoms with Crippen molar-refractivity contribution >= 4 is 21.5 Å². The first-order valence-electron chi connectivity index (χ1n) is 13.1. The van der Waals surface area contributed by atoms with Gasteiger partial charge in [0, 0.05) is 0 Å². The standard InChI is InChI=1S/C38H26/c1-3-7-27(8-4-1)29-11-15-31(16-12-29)33-21-23-37-35(25-33)19-20-36-26-34(22-24-38(36)37)32-17-13-30(14-18-32)28-9-5-2-6-10-28/h1-26H. The first-order valence-corrected chi connectivity index (χ1v) is 13.1. The minimum Gasteiger partial charge on any atom is -0.0622 e. The molecule has 0 unspecified atom stereocenters. The van der Waals surface area contributed by atoms with Crippen LogP contribution in [0.4, 0.5) is 0 Å². The van der Waals surface area contributed by atoms with E-state index in [9.17, 15) is 0 Å². The maximum Gasteiger partial charge on any atom is -0.0105 e. The summed E-state index contributed by atoms with van der Waals surface area (Å²) in [5.41, 5.74) is 9.93. The van der Waals surface area contributed by atoms with Crippen molar-refractivity contribution in [3.63, 3.8) is 0 Å². The lowest BCUT2D eigenvalue weighted by molar-refractivity contribution is 1.60. The minimum absolute atomic E-state index is 1.24. The molecule has 0 amide bonds. The normalized spacial score (nSPS) is 11.2. The van der Waals surface area contributed by atoms with Crippen molar-refractivity contribution < 1.29 is 0 Å². The van der Waals surface area contributed by atoms with E-state index in [4.69, 9.17) is 0 Å². The summed E-state index contributed by atoms with van der Waals surface area (Å²) in [7, 11) is 0. The van der Waals surface area contributed by atoms with Crippen molar-refractivity contribution in [3.8, 4) is 44.5 Å². The summed E-state index contributed by atoms with van der Waals surface area (Å²) in [5, 5.41) is 5.11. The molecular formula is C38H26. The molecule has 178 valence electrons. The van der Waals surface area contributed by atoms with Crippen molar-refractivity contribution in [3.05, 3.63) is 158 Å². The van der Waals surface area contributed by atoms with E-state index in [0.29, 0.717) is 0 Å². The molecule has 0 spiro atoms. The van der Waals surface area contributed by atoms with Crippen molar-refractivity contribution in [2.45, 2.75) is 0 Å². The average Bonchev–Trinajstić information content (AvgIpc) is 3.01. The molecule has 0 fully saturated rings. The van der Waals surface area contributed by atoms with Crippen LogP contribution in [0.3, 0.4) is 0 Å². The van der Waals surface area contributed by atoms with Crippen LogP contribution < -0.4 is 0 Å². The summed E-state index contributed by atoms with van der Waals surface area (Å²) in [5.74, 6) is 0.